The molecule has 1 aromatic carbocycles. The van der Waals surface area contributed by atoms with Crippen molar-refractivity contribution in [1.82, 2.24) is 0 Å². The second-order valence-electron chi connectivity index (χ2n) is 4.05. The van der Waals surface area contributed by atoms with E-state index in [2.05, 4.69) is 20.4 Å². The van der Waals surface area contributed by atoms with Crippen LogP contribution in [0.4, 0.5) is 0 Å². The van der Waals surface area contributed by atoms with Crippen LogP contribution in [-0.2, 0) is 0 Å². The fourth-order valence-electron chi connectivity index (χ4n) is 1.27. The fraction of sp³-hybridized carbons (Fsp3) is 0.458. The number of rotatable bonds is 5. The first-order valence-corrected chi connectivity index (χ1v) is 9.76. The Hall–Kier alpha value is -1.89. The first-order chi connectivity index (χ1) is 12.2. The summed E-state index contributed by atoms with van der Waals surface area (Å²) in [5.41, 5.74) is 1.35. The maximum absolute atomic E-state index is 12.0. The Kier molecular flexibility index (Phi) is 37.2. The average molecular weight is 347 g/mol. The van der Waals surface area contributed by atoms with Gasteiger partial charge in [0.2, 0.25) is 0 Å². The lowest BCUT2D eigenvalue weighted by molar-refractivity contribution is 0.103. The summed E-state index contributed by atoms with van der Waals surface area (Å²) in [6.45, 7) is 21.8. The number of allylic oxidation sites excluding steroid dienone is 5. The molecule has 0 heterocycles. The molecule has 0 unspecified atom stereocenters. The molecule has 0 N–H and O–H groups in total. The second-order valence-corrected chi connectivity index (χ2v) is 4.05. The van der Waals surface area contributed by atoms with E-state index in [9.17, 15) is 4.79 Å². The van der Waals surface area contributed by atoms with Gasteiger partial charge < -0.3 is 0 Å². The Morgan fingerprint density at radius 1 is 0.920 bits per heavy atom. The Morgan fingerprint density at radius 3 is 1.68 bits per heavy atom. The molecule has 144 valence electrons. The molecular formula is C24H42O. The lowest BCUT2D eigenvalue weighted by atomic mass is 10.0. The van der Waals surface area contributed by atoms with E-state index in [1.54, 1.807) is 18.2 Å². The van der Waals surface area contributed by atoms with Crippen LogP contribution in [0, 0.1) is 0 Å². The molecule has 0 fully saturated rings. The van der Waals surface area contributed by atoms with Crippen LogP contribution < -0.4 is 0 Å². The van der Waals surface area contributed by atoms with Crippen molar-refractivity contribution >= 4 is 5.78 Å². The van der Waals surface area contributed by atoms with Gasteiger partial charge in [0.25, 0.3) is 0 Å². The van der Waals surface area contributed by atoms with E-state index in [0.717, 1.165) is 0 Å². The molecule has 1 heteroatoms. The van der Waals surface area contributed by atoms with Crippen molar-refractivity contribution in [3.05, 3.63) is 72.4 Å². The number of Topliss-reactive ketones (excluding diaryl/α,β-unsaturated/α-hetero) is 1. The number of carbonyl (C=O) groups is 1. The van der Waals surface area contributed by atoms with Gasteiger partial charge in [-0.3, -0.25) is 4.79 Å². The van der Waals surface area contributed by atoms with Gasteiger partial charge in [-0.1, -0.05) is 129 Å². The molecule has 0 aromatic heterocycles. The summed E-state index contributed by atoms with van der Waals surface area (Å²) in [4.78, 5) is 12.0. The summed E-state index contributed by atoms with van der Waals surface area (Å²) < 4.78 is 0. The predicted molar refractivity (Wildman–Crippen MR) is 118 cm³/mol. The number of carbonyl (C=O) groups excluding carboxylic acids is 1. The third-order valence-corrected chi connectivity index (χ3v) is 2.44. The van der Waals surface area contributed by atoms with Crippen LogP contribution in [0.15, 0.2) is 66.8 Å². The van der Waals surface area contributed by atoms with Gasteiger partial charge in [-0.2, -0.15) is 0 Å². The first kappa shape index (κ1) is 30.9. The van der Waals surface area contributed by atoms with E-state index >= 15 is 0 Å². The average Bonchev–Trinajstić information content (AvgIpc) is 2.72. The van der Waals surface area contributed by atoms with Gasteiger partial charge in [0.15, 0.2) is 5.78 Å². The van der Waals surface area contributed by atoms with Gasteiger partial charge in [0.05, 0.1) is 0 Å². The van der Waals surface area contributed by atoms with E-state index in [1.807, 2.05) is 84.9 Å². The lowest BCUT2D eigenvalue weighted by Crippen LogP contribution is -2.00. The van der Waals surface area contributed by atoms with Crippen LogP contribution in [0.1, 0.15) is 85.5 Å². The summed E-state index contributed by atoms with van der Waals surface area (Å²) in [6, 6.07) is 9.22. The van der Waals surface area contributed by atoms with Crippen LogP contribution in [0.2, 0.25) is 0 Å². The third kappa shape index (κ3) is 20.1. The minimum atomic E-state index is 0.0219. The molecule has 0 atom stereocenters. The number of hydrogen-bond donors (Lipinski definition) is 0. The maximum atomic E-state index is 12.0. The van der Waals surface area contributed by atoms with Gasteiger partial charge in [0.1, 0.15) is 0 Å². The van der Waals surface area contributed by atoms with Crippen LogP contribution in [-0.4, -0.2) is 5.78 Å². The Bertz CT molecular complexity index is 423. The molecule has 0 spiro atoms. The third-order valence-electron chi connectivity index (χ3n) is 2.44. The molecule has 25 heavy (non-hydrogen) atoms. The minimum Gasteiger partial charge on any atom is -0.289 e. The highest BCUT2D eigenvalue weighted by Gasteiger charge is 2.07. The van der Waals surface area contributed by atoms with Crippen LogP contribution >= 0.6 is 0 Å². The molecule has 0 bridgehead atoms. The van der Waals surface area contributed by atoms with E-state index < -0.39 is 0 Å². The smallest absolute Gasteiger partial charge is 0.193 e. The molecule has 0 aliphatic heterocycles. The summed E-state index contributed by atoms with van der Waals surface area (Å²) in [6.07, 6.45) is 9.61. The molecule has 0 radical (unpaired) electrons. The molecular weight excluding hydrogens is 304 g/mol. The monoisotopic (exact) mass is 346 g/mol. The molecule has 1 nitrogen and oxygen atoms in total. The van der Waals surface area contributed by atoms with Crippen molar-refractivity contribution in [2.45, 2.75) is 75.2 Å². The second kappa shape index (κ2) is 30.0. The fourth-order valence-corrected chi connectivity index (χ4v) is 1.27. The highest BCUT2D eigenvalue weighted by molar-refractivity contribution is 6.10. The molecule has 0 saturated heterocycles. The summed E-state index contributed by atoms with van der Waals surface area (Å²) in [5.74, 6) is 0.0219. The predicted octanol–water partition coefficient (Wildman–Crippen LogP) is 8.44. The summed E-state index contributed by atoms with van der Waals surface area (Å²) >= 11 is 0. The minimum absolute atomic E-state index is 0.0219. The topological polar surface area (TPSA) is 17.1 Å². The summed E-state index contributed by atoms with van der Waals surface area (Å²) in [7, 11) is 0. The molecule has 0 amide bonds. The van der Waals surface area contributed by atoms with Crippen molar-refractivity contribution in [3.8, 4) is 0 Å². The van der Waals surface area contributed by atoms with Crippen molar-refractivity contribution in [1.29, 1.82) is 0 Å². The van der Waals surface area contributed by atoms with E-state index in [4.69, 9.17) is 0 Å². The molecule has 1 rings (SSSR count). The summed E-state index contributed by atoms with van der Waals surface area (Å²) in [5, 5.41) is 0. The Balaban J connectivity index is -0.000000186. The van der Waals surface area contributed by atoms with E-state index in [1.165, 1.54) is 12.8 Å². The van der Waals surface area contributed by atoms with Crippen molar-refractivity contribution in [3.63, 3.8) is 0 Å². The van der Waals surface area contributed by atoms with Crippen molar-refractivity contribution < 1.29 is 4.79 Å². The van der Waals surface area contributed by atoms with Gasteiger partial charge in [0, 0.05) is 11.1 Å². The van der Waals surface area contributed by atoms with Crippen LogP contribution in [0.5, 0.6) is 0 Å². The molecule has 0 aliphatic carbocycles. The molecule has 0 saturated carbocycles. The number of benzene rings is 1. The zero-order valence-electron chi connectivity index (χ0n) is 18.2. The standard InChI is InChI=1S/C14H14O.C4H10.3C2H6/c1-3-8-12(9-4-2)14(15)13-10-6-5-7-11-13;1-3-4-2;3*1-2/h3-11H,1H2,2H3;3-4H2,1-2H3;3*1-2H3/b9-4-,12-8+;;;;. The van der Waals surface area contributed by atoms with Crippen LogP contribution in [0.25, 0.3) is 0 Å². The van der Waals surface area contributed by atoms with Gasteiger partial charge in [-0.05, 0) is 6.92 Å². The quantitative estimate of drug-likeness (QED) is 0.297. The SMILES string of the molecule is C=C/C=C(\C=C/C)C(=O)c1ccccc1.CC.CC.CC.CCCC. The largest absolute Gasteiger partial charge is 0.289 e. The van der Waals surface area contributed by atoms with Crippen molar-refractivity contribution in [2.75, 3.05) is 0 Å². The normalized spacial score (nSPS) is 8.92. The maximum Gasteiger partial charge on any atom is 0.193 e. The number of hydrogen-bond acceptors (Lipinski definition) is 1. The number of unbranched alkanes of at least 4 members (excludes halogenated alkanes) is 1. The van der Waals surface area contributed by atoms with Gasteiger partial charge >= 0.3 is 0 Å². The van der Waals surface area contributed by atoms with E-state index in [0.29, 0.717) is 11.1 Å². The molecule has 1 aromatic rings. The van der Waals surface area contributed by atoms with Crippen molar-refractivity contribution in [2.24, 2.45) is 0 Å². The molecule has 0 aliphatic rings. The Morgan fingerprint density at radius 2 is 1.36 bits per heavy atom. The van der Waals surface area contributed by atoms with Gasteiger partial charge in [-0.15, -0.1) is 0 Å². The van der Waals surface area contributed by atoms with Gasteiger partial charge in [-0.25, -0.2) is 0 Å². The highest BCUT2D eigenvalue weighted by atomic mass is 16.1. The van der Waals surface area contributed by atoms with Crippen LogP contribution in [0.3, 0.4) is 0 Å². The first-order valence-electron chi connectivity index (χ1n) is 9.76. The highest BCUT2D eigenvalue weighted by Crippen LogP contribution is 2.09. The van der Waals surface area contributed by atoms with E-state index in [-0.39, 0.29) is 5.78 Å². The Labute approximate surface area is 158 Å². The zero-order valence-corrected chi connectivity index (χ0v) is 18.2. The number of ketones is 1. The zero-order chi connectivity index (χ0) is 20.5. The lowest BCUT2D eigenvalue weighted by Gasteiger charge is -2.00.